The highest BCUT2D eigenvalue weighted by molar-refractivity contribution is 6.62. The molecule has 0 saturated heterocycles. The molecule has 1 aromatic heterocycles. The quantitative estimate of drug-likeness (QED) is 0.792. The molecule has 3 rings (SSSR count). The van der Waals surface area contributed by atoms with Gasteiger partial charge in [0.15, 0.2) is 5.69 Å². The molecule has 2 aromatic rings. The van der Waals surface area contributed by atoms with Crippen LogP contribution in [0.15, 0.2) is 24.5 Å². The van der Waals surface area contributed by atoms with Crippen molar-refractivity contribution in [3.63, 3.8) is 0 Å². The Bertz CT molecular complexity index is 704. The zero-order valence-electron chi connectivity index (χ0n) is 11.1. The molecular weight excluding hydrogens is 275 g/mol. The number of benzene rings is 1. The van der Waals surface area contributed by atoms with Crippen molar-refractivity contribution >= 4 is 18.6 Å². The SMILES string of the molecule is Cc1c(Oc2cnc(C(=O)O)cn2)ccc2c1B(O)OC2. The largest absolute Gasteiger partial charge is 0.492 e. The van der Waals surface area contributed by atoms with E-state index in [-0.39, 0.29) is 11.6 Å². The summed E-state index contributed by atoms with van der Waals surface area (Å²) in [6.45, 7) is 2.18. The summed E-state index contributed by atoms with van der Waals surface area (Å²) in [4.78, 5) is 18.3. The summed E-state index contributed by atoms with van der Waals surface area (Å²) < 4.78 is 10.7. The van der Waals surface area contributed by atoms with Crippen LogP contribution < -0.4 is 10.2 Å². The number of carboxylic acid groups (broad SMARTS) is 1. The fourth-order valence-electron chi connectivity index (χ4n) is 2.19. The molecule has 1 aliphatic heterocycles. The standard InChI is InChI=1S/C13H11BN2O5/c1-7-10(3-2-8-6-20-14(19)12(7)8)21-11-5-15-9(4-16-11)13(17)18/h2-5,19H,6H2,1H3,(H,17,18). The van der Waals surface area contributed by atoms with E-state index in [1.54, 1.807) is 6.07 Å². The first-order valence-corrected chi connectivity index (χ1v) is 6.21. The van der Waals surface area contributed by atoms with E-state index in [2.05, 4.69) is 9.97 Å². The number of rotatable bonds is 3. The lowest BCUT2D eigenvalue weighted by atomic mass is 9.76. The summed E-state index contributed by atoms with van der Waals surface area (Å²) in [6.07, 6.45) is 2.36. The van der Waals surface area contributed by atoms with Gasteiger partial charge in [-0.05, 0) is 29.6 Å². The Kier molecular flexibility index (Phi) is 3.32. The molecular formula is C13H11BN2O5. The Labute approximate surface area is 120 Å². The average molecular weight is 286 g/mol. The first-order chi connectivity index (χ1) is 10.1. The lowest BCUT2D eigenvalue weighted by Crippen LogP contribution is -2.30. The van der Waals surface area contributed by atoms with Crippen LogP contribution in [0.2, 0.25) is 0 Å². The number of hydrogen-bond acceptors (Lipinski definition) is 6. The van der Waals surface area contributed by atoms with Gasteiger partial charge in [0.1, 0.15) is 5.75 Å². The second-order valence-corrected chi connectivity index (χ2v) is 4.57. The van der Waals surface area contributed by atoms with Gasteiger partial charge in [0.2, 0.25) is 5.88 Å². The zero-order chi connectivity index (χ0) is 15.0. The molecule has 1 aliphatic rings. The van der Waals surface area contributed by atoms with E-state index in [4.69, 9.17) is 14.5 Å². The Morgan fingerprint density at radius 2 is 2.19 bits per heavy atom. The van der Waals surface area contributed by atoms with Gasteiger partial charge in [-0.3, -0.25) is 0 Å². The van der Waals surface area contributed by atoms with Crippen molar-refractivity contribution in [3.05, 3.63) is 41.3 Å². The van der Waals surface area contributed by atoms with Crippen LogP contribution in [-0.4, -0.2) is 33.2 Å². The van der Waals surface area contributed by atoms with Crippen LogP contribution in [0.3, 0.4) is 0 Å². The van der Waals surface area contributed by atoms with E-state index in [0.717, 1.165) is 17.3 Å². The average Bonchev–Trinajstić information content (AvgIpc) is 2.85. The fourth-order valence-corrected chi connectivity index (χ4v) is 2.19. The van der Waals surface area contributed by atoms with Gasteiger partial charge in [-0.2, -0.15) is 0 Å². The Hall–Kier alpha value is -2.45. The van der Waals surface area contributed by atoms with Crippen molar-refractivity contribution in [2.45, 2.75) is 13.5 Å². The Balaban J connectivity index is 1.89. The summed E-state index contributed by atoms with van der Waals surface area (Å²) in [5, 5.41) is 18.5. The number of nitrogens with zero attached hydrogens (tertiary/aromatic N) is 2. The van der Waals surface area contributed by atoms with Gasteiger partial charge in [0.05, 0.1) is 19.0 Å². The van der Waals surface area contributed by atoms with Crippen molar-refractivity contribution in [2.75, 3.05) is 0 Å². The first kappa shape index (κ1) is 13.5. The molecule has 0 fully saturated rings. The number of carboxylic acids is 1. The molecule has 0 spiro atoms. The molecule has 0 atom stereocenters. The highest BCUT2D eigenvalue weighted by Gasteiger charge is 2.30. The maximum Gasteiger partial charge on any atom is 0.492 e. The number of hydrogen-bond donors (Lipinski definition) is 2. The molecule has 2 N–H and O–H groups in total. The number of carbonyl (C=O) groups is 1. The smallest absolute Gasteiger partial charge is 0.476 e. The van der Waals surface area contributed by atoms with Gasteiger partial charge in [-0.25, -0.2) is 14.8 Å². The second-order valence-electron chi connectivity index (χ2n) is 4.57. The van der Waals surface area contributed by atoms with E-state index < -0.39 is 13.1 Å². The van der Waals surface area contributed by atoms with Crippen LogP contribution in [0.5, 0.6) is 11.6 Å². The third-order valence-corrected chi connectivity index (χ3v) is 3.26. The van der Waals surface area contributed by atoms with Crippen molar-refractivity contribution in [3.8, 4) is 11.6 Å². The number of aromatic nitrogens is 2. The summed E-state index contributed by atoms with van der Waals surface area (Å²) in [5.74, 6) is -0.463. The van der Waals surface area contributed by atoms with E-state index in [1.807, 2.05) is 13.0 Å². The monoisotopic (exact) mass is 286 g/mol. The molecule has 0 amide bonds. The molecule has 1 aromatic carbocycles. The van der Waals surface area contributed by atoms with Crippen molar-refractivity contribution < 1.29 is 24.3 Å². The number of fused-ring (bicyclic) bond motifs is 1. The molecule has 7 nitrogen and oxygen atoms in total. The van der Waals surface area contributed by atoms with Crippen LogP contribution in [0, 0.1) is 6.92 Å². The molecule has 0 aliphatic carbocycles. The molecule has 0 unspecified atom stereocenters. The summed E-state index contributed by atoms with van der Waals surface area (Å²) in [5.41, 5.74) is 2.21. The van der Waals surface area contributed by atoms with Gasteiger partial charge in [-0.1, -0.05) is 6.07 Å². The predicted molar refractivity (Wildman–Crippen MR) is 72.6 cm³/mol. The van der Waals surface area contributed by atoms with Crippen molar-refractivity contribution in [1.82, 2.24) is 9.97 Å². The lowest BCUT2D eigenvalue weighted by molar-refractivity contribution is 0.0690. The minimum absolute atomic E-state index is 0.156. The normalized spacial score (nSPS) is 13.1. The summed E-state index contributed by atoms with van der Waals surface area (Å²) >= 11 is 0. The van der Waals surface area contributed by atoms with Crippen LogP contribution in [0.1, 0.15) is 21.6 Å². The minimum Gasteiger partial charge on any atom is -0.476 e. The first-order valence-electron chi connectivity index (χ1n) is 6.21. The minimum atomic E-state index is -1.15. The Morgan fingerprint density at radius 3 is 2.86 bits per heavy atom. The van der Waals surface area contributed by atoms with Crippen LogP contribution in [-0.2, 0) is 11.3 Å². The van der Waals surface area contributed by atoms with Gasteiger partial charge in [0.25, 0.3) is 0 Å². The third-order valence-electron chi connectivity index (χ3n) is 3.26. The maximum absolute atomic E-state index is 10.7. The molecule has 106 valence electrons. The molecule has 8 heteroatoms. The number of aromatic carboxylic acids is 1. The van der Waals surface area contributed by atoms with Gasteiger partial charge in [-0.15, -0.1) is 0 Å². The Morgan fingerprint density at radius 1 is 1.38 bits per heavy atom. The van der Waals surface area contributed by atoms with Gasteiger partial charge in [0, 0.05) is 0 Å². The molecule has 0 bridgehead atoms. The van der Waals surface area contributed by atoms with Crippen molar-refractivity contribution in [1.29, 1.82) is 0 Å². The van der Waals surface area contributed by atoms with Crippen LogP contribution in [0.4, 0.5) is 0 Å². The maximum atomic E-state index is 10.7. The predicted octanol–water partition coefficient (Wildman–Crippen LogP) is 0.493. The second kappa shape index (κ2) is 5.15. The molecule has 0 radical (unpaired) electrons. The lowest BCUT2D eigenvalue weighted by Gasteiger charge is -2.11. The van der Waals surface area contributed by atoms with Crippen LogP contribution in [0.25, 0.3) is 0 Å². The van der Waals surface area contributed by atoms with E-state index in [0.29, 0.717) is 17.8 Å². The topological polar surface area (TPSA) is 102 Å². The summed E-state index contributed by atoms with van der Waals surface area (Å²) in [7, 11) is -0.955. The third kappa shape index (κ3) is 2.46. The van der Waals surface area contributed by atoms with Gasteiger partial charge < -0.3 is 19.5 Å². The van der Waals surface area contributed by atoms with E-state index in [9.17, 15) is 9.82 Å². The molecule has 21 heavy (non-hydrogen) atoms. The molecule has 0 saturated carbocycles. The van der Waals surface area contributed by atoms with E-state index in [1.165, 1.54) is 6.20 Å². The molecule has 2 heterocycles. The summed E-state index contributed by atoms with van der Waals surface area (Å²) in [6, 6.07) is 3.56. The highest BCUT2D eigenvalue weighted by Crippen LogP contribution is 2.25. The number of ether oxygens (including phenoxy) is 1. The highest BCUT2D eigenvalue weighted by atomic mass is 16.5. The van der Waals surface area contributed by atoms with Crippen LogP contribution >= 0.6 is 0 Å². The fraction of sp³-hybridized carbons (Fsp3) is 0.154. The van der Waals surface area contributed by atoms with Crippen molar-refractivity contribution in [2.24, 2.45) is 0 Å². The zero-order valence-corrected chi connectivity index (χ0v) is 11.1. The van der Waals surface area contributed by atoms with E-state index >= 15 is 0 Å². The van der Waals surface area contributed by atoms with Gasteiger partial charge >= 0.3 is 13.1 Å².